The van der Waals surface area contributed by atoms with E-state index >= 15 is 0 Å². The van der Waals surface area contributed by atoms with Gasteiger partial charge >= 0.3 is 18.6 Å². The molecule has 1 fully saturated rings. The number of benzene rings is 7. The highest BCUT2D eigenvalue weighted by atomic mass is 19.4. The van der Waals surface area contributed by atoms with Crippen molar-refractivity contribution in [1.82, 2.24) is 0 Å². The number of rotatable bonds is 11. The average Bonchev–Trinajstić information content (AvgIpc) is 3.28. The Morgan fingerprint density at radius 2 is 0.831 bits per heavy atom. The highest BCUT2D eigenvalue weighted by Gasteiger charge is 2.43. The molecule has 0 N–H and O–H groups in total. The van der Waals surface area contributed by atoms with E-state index in [1.54, 1.807) is 36.4 Å². The predicted octanol–water partition coefficient (Wildman–Crippen LogP) is 17.0. The fourth-order valence-corrected chi connectivity index (χ4v) is 7.77. The molecule has 1 aliphatic rings. The molecule has 3 nitrogen and oxygen atoms in total. The van der Waals surface area contributed by atoms with Crippen molar-refractivity contribution in [3.05, 3.63) is 196 Å². The van der Waals surface area contributed by atoms with Gasteiger partial charge in [0.1, 0.15) is 57.5 Å². The molecule has 0 spiro atoms. The van der Waals surface area contributed by atoms with Gasteiger partial charge in [-0.3, -0.25) is 0 Å². The first-order chi connectivity index (χ1) is 33.4. The summed E-state index contributed by atoms with van der Waals surface area (Å²) in [5, 5.41) is 0. The second-order valence-corrected chi connectivity index (χ2v) is 15.8. The molecule has 1 saturated carbocycles. The maximum absolute atomic E-state index is 14.8. The first kappa shape index (κ1) is 51.6. The van der Waals surface area contributed by atoms with Crippen molar-refractivity contribution < 1.29 is 88.8 Å². The summed E-state index contributed by atoms with van der Waals surface area (Å²) in [6, 6.07) is 19.9. The fourth-order valence-electron chi connectivity index (χ4n) is 7.77. The monoisotopic (exact) mass is 1010 g/mol. The van der Waals surface area contributed by atoms with E-state index < -0.39 is 105 Å². The molecule has 20 heteroatoms. The lowest BCUT2D eigenvalue weighted by atomic mass is 9.83. The van der Waals surface area contributed by atoms with Crippen LogP contribution in [0.25, 0.3) is 33.4 Å². The largest absolute Gasteiger partial charge is 0.573 e. The molecule has 0 unspecified atom stereocenters. The molecule has 7 aromatic carbocycles. The van der Waals surface area contributed by atoms with Gasteiger partial charge in [0.2, 0.25) is 0 Å². The van der Waals surface area contributed by atoms with Crippen molar-refractivity contribution >= 4 is 0 Å². The van der Waals surface area contributed by atoms with Crippen LogP contribution in [0.5, 0.6) is 17.2 Å². The van der Waals surface area contributed by atoms with E-state index in [1.807, 2.05) is 0 Å². The van der Waals surface area contributed by atoms with Gasteiger partial charge in [-0.1, -0.05) is 73.9 Å². The molecular formula is C51H31F17O3. The van der Waals surface area contributed by atoms with E-state index in [-0.39, 0.29) is 46.4 Å². The molecule has 71 heavy (non-hydrogen) atoms. The third-order valence-electron chi connectivity index (χ3n) is 11.0. The Labute approximate surface area is 391 Å². The SMILES string of the molecule is Fc1cc(C2CCCCC2)ccc1-c1cc(F)c(C(F)(F)Oc2cc(F)c(F)c(F)c2)c(F)c1.Fc1cc(OC(F)(F)c2c(F)cc(-c3ccc(-c4ccccc4)cc3F)cc2F)ccc1OC(F)(F)F. The van der Waals surface area contributed by atoms with Crippen LogP contribution in [-0.4, -0.2) is 6.36 Å². The highest BCUT2D eigenvalue weighted by molar-refractivity contribution is 5.71. The molecule has 0 saturated heterocycles. The zero-order chi connectivity index (χ0) is 51.6. The third kappa shape index (κ3) is 12.0. The molecule has 8 rings (SSSR count). The first-order valence-electron chi connectivity index (χ1n) is 20.9. The van der Waals surface area contributed by atoms with Gasteiger partial charge in [-0.05, 0) is 95.1 Å². The van der Waals surface area contributed by atoms with Gasteiger partial charge in [0.15, 0.2) is 29.0 Å². The highest BCUT2D eigenvalue weighted by Crippen LogP contribution is 2.42. The van der Waals surface area contributed by atoms with Crippen molar-refractivity contribution in [2.45, 2.75) is 56.6 Å². The standard InChI is InChI=1S/C26H13F9O2.C25H18F8O/c27-19-10-15(14-4-2-1-3-5-14)6-8-18(19)16-11-21(29)24(22(30)12-16)25(31,32)36-17-7-9-23(20(28)13-17)37-26(33,34)35;26-18-8-14(13-4-2-1-3-5-13)6-7-17(18)15-9-19(27)23(20(28)10-15)25(32,33)34-16-11-21(29)24(31)22(30)12-16/h1-13H;6-13H,1-5H2. The summed E-state index contributed by atoms with van der Waals surface area (Å²) in [4.78, 5) is 0. The van der Waals surface area contributed by atoms with Crippen molar-refractivity contribution in [3.63, 3.8) is 0 Å². The number of hydrogen-bond donors (Lipinski definition) is 0. The topological polar surface area (TPSA) is 27.7 Å². The molecule has 0 aromatic heterocycles. The molecule has 372 valence electrons. The fraction of sp³-hybridized carbons (Fsp3) is 0.176. The summed E-state index contributed by atoms with van der Waals surface area (Å²) in [5.74, 6) is -19.4. The normalized spacial score (nSPS) is 13.4. The van der Waals surface area contributed by atoms with Crippen LogP contribution in [0.4, 0.5) is 74.6 Å². The number of halogens is 17. The molecule has 0 aliphatic heterocycles. The summed E-state index contributed by atoms with van der Waals surface area (Å²) in [7, 11) is 0. The first-order valence-corrected chi connectivity index (χ1v) is 20.9. The summed E-state index contributed by atoms with van der Waals surface area (Å²) in [5.41, 5.74) is -2.96. The molecule has 0 bridgehead atoms. The van der Waals surface area contributed by atoms with E-state index in [2.05, 4.69) is 14.2 Å². The van der Waals surface area contributed by atoms with Gasteiger partial charge < -0.3 is 14.2 Å². The molecular weight excluding hydrogens is 984 g/mol. The van der Waals surface area contributed by atoms with Crippen LogP contribution in [0.1, 0.15) is 54.7 Å². The summed E-state index contributed by atoms with van der Waals surface area (Å²) >= 11 is 0. The van der Waals surface area contributed by atoms with Gasteiger partial charge in [-0.15, -0.1) is 13.2 Å². The molecule has 1 aliphatic carbocycles. The zero-order valence-electron chi connectivity index (χ0n) is 35.8. The minimum atomic E-state index is -5.25. The van der Waals surface area contributed by atoms with Crippen LogP contribution < -0.4 is 14.2 Å². The number of hydrogen-bond acceptors (Lipinski definition) is 3. The lowest BCUT2D eigenvalue weighted by Gasteiger charge is -2.22. The van der Waals surface area contributed by atoms with E-state index in [9.17, 15) is 74.6 Å². The Morgan fingerprint density at radius 3 is 1.31 bits per heavy atom. The Hall–Kier alpha value is -7.25. The smallest absolute Gasteiger partial charge is 0.429 e. The van der Waals surface area contributed by atoms with E-state index in [1.165, 1.54) is 24.3 Å². The zero-order valence-corrected chi connectivity index (χ0v) is 35.8. The molecule has 0 amide bonds. The Balaban J connectivity index is 0.000000209. The molecule has 7 aromatic rings. The third-order valence-corrected chi connectivity index (χ3v) is 11.0. The van der Waals surface area contributed by atoms with Crippen LogP contribution >= 0.6 is 0 Å². The maximum atomic E-state index is 14.8. The molecule has 0 radical (unpaired) electrons. The predicted molar refractivity (Wildman–Crippen MR) is 223 cm³/mol. The Morgan fingerprint density at radius 1 is 0.366 bits per heavy atom. The van der Waals surface area contributed by atoms with Gasteiger partial charge in [-0.2, -0.15) is 17.6 Å². The van der Waals surface area contributed by atoms with Crippen molar-refractivity contribution in [2.75, 3.05) is 0 Å². The van der Waals surface area contributed by atoms with Crippen LogP contribution in [0.2, 0.25) is 0 Å². The maximum Gasteiger partial charge on any atom is 0.573 e. The van der Waals surface area contributed by atoms with Crippen molar-refractivity contribution in [3.8, 4) is 50.6 Å². The summed E-state index contributed by atoms with van der Waals surface area (Å²) in [6.07, 6.45) is -9.70. The lowest BCUT2D eigenvalue weighted by Crippen LogP contribution is -2.25. The van der Waals surface area contributed by atoms with Gasteiger partial charge in [0, 0.05) is 29.3 Å². The van der Waals surface area contributed by atoms with Gasteiger partial charge in [0.25, 0.3) is 0 Å². The van der Waals surface area contributed by atoms with Gasteiger partial charge in [-0.25, -0.2) is 43.9 Å². The van der Waals surface area contributed by atoms with Gasteiger partial charge in [0.05, 0.1) is 0 Å². The van der Waals surface area contributed by atoms with Crippen LogP contribution in [0, 0.1) is 58.2 Å². The number of ether oxygens (including phenoxy) is 3. The lowest BCUT2D eigenvalue weighted by molar-refractivity contribution is -0.275. The van der Waals surface area contributed by atoms with Crippen LogP contribution in [0.3, 0.4) is 0 Å². The van der Waals surface area contributed by atoms with E-state index in [4.69, 9.17) is 0 Å². The minimum absolute atomic E-state index is 0.111. The molecule has 0 atom stereocenters. The average molecular weight is 1010 g/mol. The summed E-state index contributed by atoms with van der Waals surface area (Å²) in [6.45, 7) is 0. The molecule has 0 heterocycles. The van der Waals surface area contributed by atoms with E-state index in [0.29, 0.717) is 47.5 Å². The Bertz CT molecular complexity index is 2990. The van der Waals surface area contributed by atoms with Crippen molar-refractivity contribution in [1.29, 1.82) is 0 Å². The quantitative estimate of drug-likeness (QED) is 0.0955. The summed E-state index contributed by atoms with van der Waals surface area (Å²) < 4.78 is 248. The van der Waals surface area contributed by atoms with Crippen LogP contribution in [-0.2, 0) is 12.2 Å². The second kappa shape index (κ2) is 20.6. The van der Waals surface area contributed by atoms with Crippen LogP contribution in [0.15, 0.2) is 121 Å². The minimum Gasteiger partial charge on any atom is -0.429 e. The number of alkyl halides is 7. The Kier molecular flexibility index (Phi) is 15.0. The van der Waals surface area contributed by atoms with E-state index in [0.717, 1.165) is 43.7 Å². The van der Waals surface area contributed by atoms with Crippen molar-refractivity contribution in [2.24, 2.45) is 0 Å². The second-order valence-electron chi connectivity index (χ2n) is 15.8.